The van der Waals surface area contributed by atoms with E-state index in [1.807, 2.05) is 30.3 Å². The zero-order valence-electron chi connectivity index (χ0n) is 6.72. The molecular formula is C10H7BrClN. The van der Waals surface area contributed by atoms with E-state index in [-0.39, 0.29) is 0 Å². The van der Waals surface area contributed by atoms with E-state index in [4.69, 9.17) is 17.3 Å². The van der Waals surface area contributed by atoms with Crippen LogP contribution >= 0.6 is 27.5 Å². The van der Waals surface area contributed by atoms with Crippen molar-refractivity contribution in [2.45, 2.75) is 0 Å². The fourth-order valence-electron chi connectivity index (χ4n) is 1.27. The number of nitrogen functional groups attached to an aromatic ring is 1. The molecule has 1 nitrogen and oxygen atoms in total. The van der Waals surface area contributed by atoms with Gasteiger partial charge in [-0.2, -0.15) is 0 Å². The smallest absolute Gasteiger partial charge is 0.0627 e. The number of hydrogen-bond acceptors (Lipinski definition) is 1. The van der Waals surface area contributed by atoms with Gasteiger partial charge < -0.3 is 5.73 Å². The molecule has 0 aromatic heterocycles. The molecular weight excluding hydrogens is 249 g/mol. The molecule has 0 saturated carbocycles. The molecule has 0 fully saturated rings. The molecule has 2 aromatic rings. The summed E-state index contributed by atoms with van der Waals surface area (Å²) in [6, 6.07) is 9.64. The Morgan fingerprint density at radius 1 is 1.15 bits per heavy atom. The summed E-state index contributed by atoms with van der Waals surface area (Å²) in [4.78, 5) is 0. The van der Waals surface area contributed by atoms with Crippen LogP contribution in [0.15, 0.2) is 34.8 Å². The summed E-state index contributed by atoms with van der Waals surface area (Å²) in [5.74, 6) is 0. The molecule has 0 aliphatic carbocycles. The lowest BCUT2D eigenvalue weighted by molar-refractivity contribution is 1.69. The molecule has 0 amide bonds. The van der Waals surface area contributed by atoms with Gasteiger partial charge in [0.05, 0.1) is 5.02 Å². The Labute approximate surface area is 89.6 Å². The molecule has 2 aromatic carbocycles. The van der Waals surface area contributed by atoms with Crippen LogP contribution in [0, 0.1) is 0 Å². The zero-order valence-corrected chi connectivity index (χ0v) is 9.06. The highest BCUT2D eigenvalue weighted by molar-refractivity contribution is 9.10. The molecule has 13 heavy (non-hydrogen) atoms. The van der Waals surface area contributed by atoms with Crippen LogP contribution in [-0.2, 0) is 0 Å². The average molecular weight is 257 g/mol. The first-order chi connectivity index (χ1) is 6.18. The van der Waals surface area contributed by atoms with Gasteiger partial charge in [-0.3, -0.25) is 0 Å². The fraction of sp³-hybridized carbons (Fsp3) is 0. The van der Waals surface area contributed by atoms with Crippen LogP contribution in [0.25, 0.3) is 10.8 Å². The van der Waals surface area contributed by atoms with Crippen molar-refractivity contribution in [3.05, 3.63) is 39.8 Å². The molecule has 0 aliphatic rings. The zero-order chi connectivity index (χ0) is 9.42. The van der Waals surface area contributed by atoms with E-state index in [2.05, 4.69) is 15.9 Å². The largest absolute Gasteiger partial charge is 0.399 e. The summed E-state index contributed by atoms with van der Waals surface area (Å²) in [6.07, 6.45) is 0. The van der Waals surface area contributed by atoms with Crippen LogP contribution in [0.2, 0.25) is 5.02 Å². The van der Waals surface area contributed by atoms with Crippen LogP contribution in [0.5, 0.6) is 0 Å². The summed E-state index contributed by atoms with van der Waals surface area (Å²) < 4.78 is 0.896. The minimum Gasteiger partial charge on any atom is -0.399 e. The van der Waals surface area contributed by atoms with Gasteiger partial charge in [0.15, 0.2) is 0 Å². The van der Waals surface area contributed by atoms with Crippen LogP contribution in [0.1, 0.15) is 0 Å². The normalized spacial score (nSPS) is 10.6. The van der Waals surface area contributed by atoms with Gasteiger partial charge in [0.2, 0.25) is 0 Å². The summed E-state index contributed by atoms with van der Waals surface area (Å²) in [6.45, 7) is 0. The van der Waals surface area contributed by atoms with E-state index in [0.29, 0.717) is 5.02 Å². The molecule has 0 atom stereocenters. The highest BCUT2D eigenvalue weighted by atomic mass is 79.9. The number of fused-ring (bicyclic) bond motifs is 1. The Hall–Kier alpha value is -0.730. The van der Waals surface area contributed by atoms with E-state index < -0.39 is 0 Å². The lowest BCUT2D eigenvalue weighted by atomic mass is 10.1. The predicted octanol–water partition coefficient (Wildman–Crippen LogP) is 3.84. The van der Waals surface area contributed by atoms with Gasteiger partial charge in [-0.25, -0.2) is 0 Å². The van der Waals surface area contributed by atoms with Crippen molar-refractivity contribution in [3.63, 3.8) is 0 Å². The maximum atomic E-state index is 6.10. The van der Waals surface area contributed by atoms with Crippen molar-refractivity contribution in [2.24, 2.45) is 0 Å². The molecule has 0 radical (unpaired) electrons. The van der Waals surface area contributed by atoms with Crippen LogP contribution in [0.4, 0.5) is 5.69 Å². The van der Waals surface area contributed by atoms with E-state index in [1.165, 1.54) is 0 Å². The molecule has 0 unspecified atom stereocenters. The molecule has 0 aliphatic heterocycles. The van der Waals surface area contributed by atoms with Crippen LogP contribution in [-0.4, -0.2) is 0 Å². The summed E-state index contributed by atoms with van der Waals surface area (Å²) in [5, 5.41) is 2.79. The Morgan fingerprint density at radius 3 is 2.62 bits per heavy atom. The van der Waals surface area contributed by atoms with Crippen molar-refractivity contribution in [3.8, 4) is 0 Å². The number of halogens is 2. The minimum atomic E-state index is 0.713. The molecule has 2 N–H and O–H groups in total. The third-order valence-electron chi connectivity index (χ3n) is 1.93. The van der Waals surface area contributed by atoms with Crippen molar-refractivity contribution in [2.75, 3.05) is 5.73 Å². The molecule has 0 spiro atoms. The molecule has 2 rings (SSSR count). The first kappa shape index (κ1) is 8.85. The third kappa shape index (κ3) is 1.52. The van der Waals surface area contributed by atoms with Gasteiger partial charge in [0.25, 0.3) is 0 Å². The van der Waals surface area contributed by atoms with Crippen molar-refractivity contribution >= 4 is 44.0 Å². The highest BCUT2D eigenvalue weighted by Gasteiger charge is 2.02. The standard InChI is InChI=1S/C10H7BrClN/c11-9-4-2-6-1-3-7(13)5-8(6)10(9)12/h1-5H,13H2. The summed E-state index contributed by atoms with van der Waals surface area (Å²) >= 11 is 9.46. The monoisotopic (exact) mass is 255 g/mol. The summed E-state index contributed by atoms with van der Waals surface area (Å²) in [5.41, 5.74) is 6.40. The predicted molar refractivity (Wildman–Crippen MR) is 61.1 cm³/mol. The first-order valence-corrected chi connectivity index (χ1v) is 4.99. The third-order valence-corrected chi connectivity index (χ3v) is 3.23. The molecule has 66 valence electrons. The van der Waals surface area contributed by atoms with E-state index >= 15 is 0 Å². The van der Waals surface area contributed by atoms with Gasteiger partial charge in [-0.15, -0.1) is 0 Å². The quantitative estimate of drug-likeness (QED) is 0.712. The Bertz CT molecular complexity index is 462. The van der Waals surface area contributed by atoms with E-state index in [1.54, 1.807) is 0 Å². The van der Waals surface area contributed by atoms with Crippen molar-refractivity contribution in [1.29, 1.82) is 0 Å². The van der Waals surface area contributed by atoms with Gasteiger partial charge >= 0.3 is 0 Å². The van der Waals surface area contributed by atoms with Crippen molar-refractivity contribution in [1.82, 2.24) is 0 Å². The number of benzene rings is 2. The molecule has 0 saturated heterocycles. The van der Waals surface area contributed by atoms with Gasteiger partial charge in [-0.1, -0.05) is 23.7 Å². The summed E-state index contributed by atoms with van der Waals surface area (Å²) in [7, 11) is 0. The lowest BCUT2D eigenvalue weighted by Crippen LogP contribution is -1.84. The number of rotatable bonds is 0. The number of anilines is 1. The maximum absolute atomic E-state index is 6.10. The second-order valence-electron chi connectivity index (χ2n) is 2.84. The van der Waals surface area contributed by atoms with E-state index in [9.17, 15) is 0 Å². The SMILES string of the molecule is Nc1ccc2ccc(Br)c(Cl)c2c1. The van der Waals surface area contributed by atoms with Crippen LogP contribution < -0.4 is 5.73 Å². The average Bonchev–Trinajstić information content (AvgIpc) is 2.12. The highest BCUT2D eigenvalue weighted by Crippen LogP contribution is 2.31. The molecule has 0 heterocycles. The van der Waals surface area contributed by atoms with Gasteiger partial charge in [-0.05, 0) is 39.5 Å². The lowest BCUT2D eigenvalue weighted by Gasteiger charge is -2.03. The van der Waals surface area contributed by atoms with Crippen molar-refractivity contribution < 1.29 is 0 Å². The number of hydrogen-bond donors (Lipinski definition) is 1. The topological polar surface area (TPSA) is 26.0 Å². The Balaban J connectivity index is 2.89. The first-order valence-electron chi connectivity index (χ1n) is 3.82. The number of nitrogens with two attached hydrogens (primary N) is 1. The van der Waals surface area contributed by atoms with E-state index in [0.717, 1.165) is 20.9 Å². The Morgan fingerprint density at radius 2 is 1.85 bits per heavy atom. The maximum Gasteiger partial charge on any atom is 0.0627 e. The fourth-order valence-corrected chi connectivity index (χ4v) is 1.85. The van der Waals surface area contributed by atoms with Crippen LogP contribution in [0.3, 0.4) is 0 Å². The minimum absolute atomic E-state index is 0.713. The molecule has 0 bridgehead atoms. The second kappa shape index (κ2) is 3.20. The van der Waals surface area contributed by atoms with Gasteiger partial charge in [0, 0.05) is 15.5 Å². The Kier molecular flexibility index (Phi) is 2.18. The van der Waals surface area contributed by atoms with Gasteiger partial charge in [0.1, 0.15) is 0 Å². The molecule has 3 heteroatoms. The second-order valence-corrected chi connectivity index (χ2v) is 4.07.